The molecule has 0 aliphatic carbocycles. The maximum Gasteiger partial charge on any atom is 0.164 e. The van der Waals surface area contributed by atoms with Crippen LogP contribution in [0, 0.1) is 0 Å². The van der Waals surface area contributed by atoms with Gasteiger partial charge in [0.05, 0.1) is 16.7 Å². The molecule has 11 aromatic rings. The molecule has 0 radical (unpaired) electrons. The molecule has 4 heterocycles. The summed E-state index contributed by atoms with van der Waals surface area (Å²) in [5, 5.41) is 6.32. The lowest BCUT2D eigenvalue weighted by Crippen LogP contribution is -2.00. The lowest BCUT2D eigenvalue weighted by molar-refractivity contribution is 0.662. The van der Waals surface area contributed by atoms with E-state index < -0.39 is 0 Å². The fourth-order valence-electron chi connectivity index (χ4n) is 7.57. The van der Waals surface area contributed by atoms with E-state index in [1.165, 1.54) is 10.8 Å². The smallest absolute Gasteiger partial charge is 0.164 e. The maximum atomic E-state index is 6.83. The van der Waals surface area contributed by atoms with Crippen molar-refractivity contribution in [1.82, 2.24) is 19.5 Å². The zero-order chi connectivity index (χ0) is 33.5. The van der Waals surface area contributed by atoms with E-state index in [9.17, 15) is 0 Å². The number of aromatic nitrogens is 4. The molecule has 11 rings (SSSR count). The molecular formula is C45H26N4O2. The van der Waals surface area contributed by atoms with Crippen molar-refractivity contribution in [1.29, 1.82) is 0 Å². The van der Waals surface area contributed by atoms with Gasteiger partial charge in [-0.3, -0.25) is 0 Å². The first-order chi connectivity index (χ1) is 25.3. The number of rotatable bonds is 4. The highest BCUT2D eigenvalue weighted by Crippen LogP contribution is 2.42. The zero-order valence-corrected chi connectivity index (χ0v) is 27.1. The minimum atomic E-state index is 0.578. The van der Waals surface area contributed by atoms with Gasteiger partial charge in [0.25, 0.3) is 0 Å². The van der Waals surface area contributed by atoms with Crippen LogP contribution in [0.15, 0.2) is 167 Å². The van der Waals surface area contributed by atoms with Crippen LogP contribution in [0.25, 0.3) is 106 Å². The second-order valence-electron chi connectivity index (χ2n) is 12.8. The van der Waals surface area contributed by atoms with E-state index in [-0.39, 0.29) is 0 Å². The first-order valence-electron chi connectivity index (χ1n) is 16.9. The summed E-state index contributed by atoms with van der Waals surface area (Å²) >= 11 is 0. The van der Waals surface area contributed by atoms with Gasteiger partial charge in [-0.15, -0.1) is 0 Å². The second kappa shape index (κ2) is 10.7. The van der Waals surface area contributed by atoms with Gasteiger partial charge in [-0.1, -0.05) is 121 Å². The molecule has 0 saturated heterocycles. The van der Waals surface area contributed by atoms with Crippen LogP contribution < -0.4 is 0 Å². The lowest BCUT2D eigenvalue weighted by atomic mass is 10.0. The van der Waals surface area contributed by atoms with Crippen LogP contribution in [0.4, 0.5) is 0 Å². The molecule has 0 N–H and O–H groups in total. The predicted octanol–water partition coefficient (Wildman–Crippen LogP) is 11.8. The third-order valence-electron chi connectivity index (χ3n) is 9.85. The van der Waals surface area contributed by atoms with Crippen LogP contribution >= 0.6 is 0 Å². The molecule has 0 aliphatic rings. The van der Waals surface area contributed by atoms with Crippen LogP contribution in [0.5, 0.6) is 0 Å². The largest absolute Gasteiger partial charge is 0.456 e. The highest BCUT2D eigenvalue weighted by atomic mass is 16.3. The SMILES string of the molecule is c1ccc(-c2nc(-c3ccccc3)nc(-c3cccc4oc5cc6c(cc5c34)oc3c(-n4c5ccccc5c5ccccc54)cccc36)n2)cc1. The van der Waals surface area contributed by atoms with Crippen molar-refractivity contribution in [3.05, 3.63) is 158 Å². The standard InChI is InChI=1S/C45H26N4O2/c1-3-13-27(14-4-1)43-46-44(28-15-5-2-6-16-28)48-45(47-43)32-20-12-24-38-41(32)34-26-39-33(25-40(34)50-38)31-19-11-23-37(42(31)51-39)49-35-21-9-7-17-29(35)30-18-8-10-22-36(30)49/h1-26H. The monoisotopic (exact) mass is 654 g/mol. The molecule has 4 aromatic heterocycles. The molecule has 0 unspecified atom stereocenters. The third kappa shape index (κ3) is 4.20. The van der Waals surface area contributed by atoms with Gasteiger partial charge in [0, 0.05) is 49.0 Å². The number of benzene rings is 7. The molecule has 51 heavy (non-hydrogen) atoms. The van der Waals surface area contributed by atoms with Crippen molar-refractivity contribution >= 4 is 65.7 Å². The topological polar surface area (TPSA) is 69.9 Å². The number of fused-ring (bicyclic) bond motifs is 9. The Bertz CT molecular complexity index is 3030. The fourth-order valence-corrected chi connectivity index (χ4v) is 7.57. The Morgan fingerprint density at radius 3 is 1.63 bits per heavy atom. The second-order valence-corrected chi connectivity index (χ2v) is 12.8. The molecule has 238 valence electrons. The minimum absolute atomic E-state index is 0.578. The predicted molar refractivity (Wildman–Crippen MR) is 205 cm³/mol. The highest BCUT2D eigenvalue weighted by Gasteiger charge is 2.21. The van der Waals surface area contributed by atoms with Gasteiger partial charge in [0.2, 0.25) is 0 Å². The van der Waals surface area contributed by atoms with Gasteiger partial charge < -0.3 is 13.4 Å². The Balaban J connectivity index is 1.15. The first kappa shape index (κ1) is 27.9. The van der Waals surface area contributed by atoms with Crippen LogP contribution in [0.2, 0.25) is 0 Å². The Morgan fingerprint density at radius 1 is 0.392 bits per heavy atom. The molecule has 7 aromatic carbocycles. The van der Waals surface area contributed by atoms with Gasteiger partial charge >= 0.3 is 0 Å². The summed E-state index contributed by atoms with van der Waals surface area (Å²) in [6.45, 7) is 0. The summed E-state index contributed by atoms with van der Waals surface area (Å²) in [5.41, 5.74) is 9.12. The van der Waals surface area contributed by atoms with Crippen molar-refractivity contribution < 1.29 is 8.83 Å². The number of furan rings is 2. The Hall–Kier alpha value is -7.05. The first-order valence-corrected chi connectivity index (χ1v) is 16.9. The Labute approximate surface area is 290 Å². The Kier molecular flexibility index (Phi) is 5.86. The molecule has 0 saturated carbocycles. The van der Waals surface area contributed by atoms with Crippen molar-refractivity contribution in [2.45, 2.75) is 0 Å². The molecule has 0 amide bonds. The normalized spacial score (nSPS) is 11.9. The minimum Gasteiger partial charge on any atom is -0.456 e. The van der Waals surface area contributed by atoms with Crippen molar-refractivity contribution in [3.63, 3.8) is 0 Å². The molecule has 6 heteroatoms. The molecule has 0 aliphatic heterocycles. The summed E-state index contributed by atoms with van der Waals surface area (Å²) in [7, 11) is 0. The number of nitrogens with zero attached hydrogens (tertiary/aromatic N) is 4. The van der Waals surface area contributed by atoms with Gasteiger partial charge in [-0.2, -0.15) is 0 Å². The summed E-state index contributed by atoms with van der Waals surface area (Å²) < 4.78 is 15.7. The number of para-hydroxylation sites is 3. The van der Waals surface area contributed by atoms with Crippen LogP contribution in [-0.4, -0.2) is 19.5 Å². The lowest BCUT2D eigenvalue weighted by Gasteiger charge is -2.09. The summed E-state index contributed by atoms with van der Waals surface area (Å²) in [5.74, 6) is 1.80. The third-order valence-corrected chi connectivity index (χ3v) is 9.85. The molecule has 0 fully saturated rings. The van der Waals surface area contributed by atoms with E-state index in [0.29, 0.717) is 17.5 Å². The van der Waals surface area contributed by atoms with Crippen molar-refractivity contribution in [3.8, 4) is 39.9 Å². The molecular weight excluding hydrogens is 629 g/mol. The summed E-state index contributed by atoms with van der Waals surface area (Å²) in [6, 6.07) is 53.7. The van der Waals surface area contributed by atoms with E-state index in [0.717, 1.165) is 77.3 Å². The van der Waals surface area contributed by atoms with Gasteiger partial charge in [0.15, 0.2) is 23.1 Å². The fraction of sp³-hybridized carbons (Fsp3) is 0. The molecule has 6 nitrogen and oxygen atoms in total. The van der Waals surface area contributed by atoms with E-state index in [1.807, 2.05) is 72.8 Å². The summed E-state index contributed by atoms with van der Waals surface area (Å²) in [6.07, 6.45) is 0. The number of hydrogen-bond donors (Lipinski definition) is 0. The average Bonchev–Trinajstić information content (AvgIpc) is 3.86. The zero-order valence-electron chi connectivity index (χ0n) is 27.1. The van der Waals surface area contributed by atoms with E-state index in [4.69, 9.17) is 23.8 Å². The van der Waals surface area contributed by atoms with Crippen LogP contribution in [-0.2, 0) is 0 Å². The van der Waals surface area contributed by atoms with E-state index in [1.54, 1.807) is 0 Å². The van der Waals surface area contributed by atoms with Crippen LogP contribution in [0.3, 0.4) is 0 Å². The summed E-state index contributed by atoms with van der Waals surface area (Å²) in [4.78, 5) is 15.0. The highest BCUT2D eigenvalue weighted by molar-refractivity contribution is 6.19. The van der Waals surface area contributed by atoms with Gasteiger partial charge in [-0.05, 0) is 36.4 Å². The quantitative estimate of drug-likeness (QED) is 0.189. The van der Waals surface area contributed by atoms with Crippen LogP contribution in [0.1, 0.15) is 0 Å². The average molecular weight is 655 g/mol. The number of hydrogen-bond acceptors (Lipinski definition) is 5. The van der Waals surface area contributed by atoms with E-state index in [2.05, 4.69) is 89.5 Å². The molecule has 0 bridgehead atoms. The molecule has 0 atom stereocenters. The van der Waals surface area contributed by atoms with Gasteiger partial charge in [-0.25, -0.2) is 15.0 Å². The maximum absolute atomic E-state index is 6.83. The van der Waals surface area contributed by atoms with Gasteiger partial charge in [0.1, 0.15) is 16.7 Å². The Morgan fingerprint density at radius 2 is 0.941 bits per heavy atom. The molecule has 0 spiro atoms. The van der Waals surface area contributed by atoms with Crippen molar-refractivity contribution in [2.75, 3.05) is 0 Å². The van der Waals surface area contributed by atoms with Crippen molar-refractivity contribution in [2.24, 2.45) is 0 Å². The van der Waals surface area contributed by atoms with E-state index >= 15 is 0 Å².